The molecule has 1 aromatic rings. The fourth-order valence-electron chi connectivity index (χ4n) is 2.68. The third-order valence-corrected chi connectivity index (χ3v) is 3.97. The van der Waals surface area contributed by atoms with E-state index in [1.54, 1.807) is 6.08 Å². The Morgan fingerprint density at radius 2 is 2.00 bits per heavy atom. The van der Waals surface area contributed by atoms with Gasteiger partial charge < -0.3 is 0 Å². The van der Waals surface area contributed by atoms with Crippen molar-refractivity contribution in [3.05, 3.63) is 64.8 Å². The fourth-order valence-corrected chi connectivity index (χ4v) is 2.68. The van der Waals surface area contributed by atoms with Gasteiger partial charge in [-0.3, -0.25) is 0 Å². The van der Waals surface area contributed by atoms with E-state index in [0.29, 0.717) is 11.5 Å². The molecule has 1 saturated carbocycles. The number of aryl methyl sites for hydroxylation is 2. The molecular weight excluding hydrogens is 266 g/mol. The first-order valence-electron chi connectivity index (χ1n) is 7.47. The summed E-state index contributed by atoms with van der Waals surface area (Å²) in [6.07, 6.45) is 6.19. The van der Waals surface area contributed by atoms with Gasteiger partial charge in [-0.2, -0.15) is 0 Å². The molecular formula is C19H22F2. The van der Waals surface area contributed by atoms with E-state index >= 15 is 0 Å². The zero-order valence-electron chi connectivity index (χ0n) is 13.0. The maximum Gasteiger partial charge on any atom is 0.154 e. The molecule has 0 heterocycles. The van der Waals surface area contributed by atoms with Crippen LogP contribution in [0.15, 0.2) is 42.5 Å². The van der Waals surface area contributed by atoms with E-state index in [2.05, 4.69) is 25.6 Å². The number of allylic oxidation sites excluding steroid dienone is 5. The Hall–Kier alpha value is -1.70. The molecule has 1 aliphatic rings. The molecule has 0 aromatic heterocycles. The van der Waals surface area contributed by atoms with Crippen molar-refractivity contribution < 1.29 is 8.78 Å². The third-order valence-electron chi connectivity index (χ3n) is 3.97. The highest BCUT2D eigenvalue weighted by Gasteiger charge is 2.27. The van der Waals surface area contributed by atoms with Crippen molar-refractivity contribution in [2.75, 3.05) is 0 Å². The van der Waals surface area contributed by atoms with Crippen LogP contribution >= 0.6 is 0 Å². The van der Waals surface area contributed by atoms with E-state index in [1.807, 2.05) is 6.92 Å². The Balaban J connectivity index is 2.60. The number of hydrogen-bond acceptors (Lipinski definition) is 0. The first kappa shape index (κ1) is 15.7. The highest BCUT2D eigenvalue weighted by atomic mass is 19.2. The molecule has 2 heteroatoms. The van der Waals surface area contributed by atoms with Crippen LogP contribution in [0.3, 0.4) is 0 Å². The largest absolute Gasteiger partial charge is 0.209 e. The highest BCUT2D eigenvalue weighted by molar-refractivity contribution is 5.80. The molecule has 0 aliphatic heterocycles. The van der Waals surface area contributed by atoms with E-state index in [4.69, 9.17) is 0 Å². The lowest BCUT2D eigenvalue weighted by Gasteiger charge is -2.16. The van der Waals surface area contributed by atoms with Crippen molar-refractivity contribution in [2.24, 2.45) is 0 Å². The Bertz CT molecular complexity index is 613. The summed E-state index contributed by atoms with van der Waals surface area (Å²) in [5, 5.41) is 0. The highest BCUT2D eigenvalue weighted by Crippen LogP contribution is 2.45. The number of rotatable bonds is 5. The minimum atomic E-state index is -0.828. The molecule has 0 spiro atoms. The summed E-state index contributed by atoms with van der Waals surface area (Å²) in [4.78, 5) is 0. The van der Waals surface area contributed by atoms with E-state index in [0.717, 1.165) is 24.5 Å². The molecule has 0 nitrogen and oxygen atoms in total. The van der Waals surface area contributed by atoms with Gasteiger partial charge in [0.2, 0.25) is 0 Å². The van der Waals surface area contributed by atoms with Crippen LogP contribution in [0.4, 0.5) is 8.78 Å². The molecule has 1 aliphatic carbocycles. The van der Waals surface area contributed by atoms with Crippen LogP contribution in [-0.2, 0) is 6.42 Å². The second-order valence-electron chi connectivity index (χ2n) is 5.69. The predicted octanol–water partition coefficient (Wildman–Crippen LogP) is 6.17. The second kappa shape index (κ2) is 6.38. The topological polar surface area (TPSA) is 0 Å². The molecule has 112 valence electrons. The average molecular weight is 288 g/mol. The summed E-state index contributed by atoms with van der Waals surface area (Å²) in [6.45, 7) is 9.06. The molecule has 0 bridgehead atoms. The SMILES string of the molecule is C=C/C(=C\C(F)=C(/C)F)c1c(C)cc(CC)cc1C1CC1. The van der Waals surface area contributed by atoms with Crippen molar-refractivity contribution in [1.82, 2.24) is 0 Å². The predicted molar refractivity (Wildman–Crippen MR) is 85.6 cm³/mol. The maximum absolute atomic E-state index is 13.7. The molecule has 0 saturated heterocycles. The first-order chi connectivity index (χ1) is 9.97. The van der Waals surface area contributed by atoms with Crippen LogP contribution in [0.1, 0.15) is 54.9 Å². The summed E-state index contributed by atoms with van der Waals surface area (Å²) in [6, 6.07) is 4.34. The van der Waals surface area contributed by atoms with E-state index < -0.39 is 11.7 Å². The van der Waals surface area contributed by atoms with Crippen molar-refractivity contribution in [1.29, 1.82) is 0 Å². The number of benzene rings is 1. The van der Waals surface area contributed by atoms with Gasteiger partial charge in [0.05, 0.1) is 0 Å². The van der Waals surface area contributed by atoms with Crippen LogP contribution in [0.2, 0.25) is 0 Å². The normalized spacial score (nSPS) is 16.7. The molecule has 0 radical (unpaired) electrons. The minimum Gasteiger partial charge on any atom is -0.209 e. The summed E-state index contributed by atoms with van der Waals surface area (Å²) in [7, 11) is 0. The van der Waals surface area contributed by atoms with Crippen LogP contribution in [-0.4, -0.2) is 0 Å². The average Bonchev–Trinajstić information content (AvgIpc) is 3.28. The molecule has 1 fully saturated rings. The van der Waals surface area contributed by atoms with Gasteiger partial charge in [-0.1, -0.05) is 31.7 Å². The molecule has 1 aromatic carbocycles. The van der Waals surface area contributed by atoms with Gasteiger partial charge in [0.25, 0.3) is 0 Å². The van der Waals surface area contributed by atoms with Gasteiger partial charge in [0.1, 0.15) is 5.83 Å². The van der Waals surface area contributed by atoms with E-state index in [1.165, 1.54) is 30.0 Å². The van der Waals surface area contributed by atoms with E-state index in [9.17, 15) is 8.78 Å². The lowest BCUT2D eigenvalue weighted by Crippen LogP contribution is -1.98. The van der Waals surface area contributed by atoms with Crippen molar-refractivity contribution in [3.8, 4) is 0 Å². The lowest BCUT2D eigenvalue weighted by molar-refractivity contribution is 0.556. The van der Waals surface area contributed by atoms with Crippen molar-refractivity contribution in [3.63, 3.8) is 0 Å². The Kier molecular flexibility index (Phi) is 4.76. The summed E-state index contributed by atoms with van der Waals surface area (Å²) in [5.41, 5.74) is 5.32. The molecule has 0 atom stereocenters. The van der Waals surface area contributed by atoms with Gasteiger partial charge in [-0.15, -0.1) is 0 Å². The zero-order valence-corrected chi connectivity index (χ0v) is 13.0. The molecule has 2 rings (SSSR count). The number of halogens is 2. The van der Waals surface area contributed by atoms with E-state index in [-0.39, 0.29) is 0 Å². The molecule has 0 unspecified atom stereocenters. The standard InChI is InChI=1S/C19H22F2/c1-5-14-9-12(3)19(17(10-14)16-7-8-16)15(6-2)11-18(21)13(4)20/h6,9-11,16H,2,5,7-8H2,1,3-4H3/b15-11+,18-13-. The summed E-state index contributed by atoms with van der Waals surface area (Å²) < 4.78 is 26.7. The molecule has 0 N–H and O–H groups in total. The van der Waals surface area contributed by atoms with Crippen molar-refractivity contribution in [2.45, 2.75) is 46.0 Å². The van der Waals surface area contributed by atoms with Crippen molar-refractivity contribution >= 4 is 5.57 Å². The van der Waals surface area contributed by atoms with Crippen LogP contribution in [0.5, 0.6) is 0 Å². The second-order valence-corrected chi connectivity index (χ2v) is 5.69. The van der Waals surface area contributed by atoms with Gasteiger partial charge in [-0.25, -0.2) is 8.78 Å². The summed E-state index contributed by atoms with van der Waals surface area (Å²) in [5.74, 6) is -1.08. The van der Waals surface area contributed by atoms with Crippen LogP contribution < -0.4 is 0 Å². The Morgan fingerprint density at radius 3 is 2.48 bits per heavy atom. The number of hydrogen-bond donors (Lipinski definition) is 0. The van der Waals surface area contributed by atoms with Gasteiger partial charge in [-0.05, 0) is 72.9 Å². The maximum atomic E-state index is 13.7. The van der Waals surface area contributed by atoms with Crippen LogP contribution in [0.25, 0.3) is 5.57 Å². The van der Waals surface area contributed by atoms with Crippen LogP contribution in [0, 0.1) is 6.92 Å². The monoisotopic (exact) mass is 288 g/mol. The molecule has 0 amide bonds. The van der Waals surface area contributed by atoms with Gasteiger partial charge in [0.15, 0.2) is 5.83 Å². The Labute approximate surface area is 125 Å². The fraction of sp³-hybridized carbons (Fsp3) is 0.368. The smallest absolute Gasteiger partial charge is 0.154 e. The quantitative estimate of drug-likeness (QED) is 0.568. The minimum absolute atomic E-state index is 0.548. The zero-order chi connectivity index (χ0) is 15.6. The first-order valence-corrected chi connectivity index (χ1v) is 7.47. The third kappa shape index (κ3) is 3.49. The lowest BCUT2D eigenvalue weighted by atomic mass is 9.89. The van der Waals surface area contributed by atoms with Gasteiger partial charge >= 0.3 is 0 Å². The Morgan fingerprint density at radius 1 is 1.33 bits per heavy atom. The molecule has 21 heavy (non-hydrogen) atoms. The van der Waals surface area contributed by atoms with Gasteiger partial charge in [0, 0.05) is 0 Å². The summed E-state index contributed by atoms with van der Waals surface area (Å²) >= 11 is 0.